The van der Waals surface area contributed by atoms with E-state index in [2.05, 4.69) is 26.1 Å². The van der Waals surface area contributed by atoms with Gasteiger partial charge in [-0.15, -0.1) is 5.10 Å². The molecule has 0 aliphatic heterocycles. The van der Waals surface area contributed by atoms with Crippen molar-refractivity contribution < 1.29 is 4.79 Å². The Labute approximate surface area is 122 Å². The highest BCUT2D eigenvalue weighted by Crippen LogP contribution is 2.00. The van der Waals surface area contributed by atoms with E-state index < -0.39 is 0 Å². The number of hydrogen-bond acceptors (Lipinski definition) is 6. The molecule has 2 aromatic heterocycles. The molecular formula is C13H19N7O. The van der Waals surface area contributed by atoms with Gasteiger partial charge in [0.25, 0.3) is 5.91 Å². The summed E-state index contributed by atoms with van der Waals surface area (Å²) in [6.45, 7) is 0.777. The van der Waals surface area contributed by atoms with Crippen molar-refractivity contribution in [2.75, 3.05) is 12.0 Å². The molecule has 0 spiro atoms. The molecule has 0 aliphatic carbocycles. The molecular weight excluding hydrogens is 270 g/mol. The van der Waals surface area contributed by atoms with E-state index >= 15 is 0 Å². The molecule has 2 aromatic rings. The molecule has 0 unspecified atom stereocenters. The van der Waals surface area contributed by atoms with Gasteiger partial charge in [0.05, 0.1) is 5.69 Å². The molecule has 8 heteroatoms. The van der Waals surface area contributed by atoms with Crippen LogP contribution < -0.4 is 16.6 Å². The van der Waals surface area contributed by atoms with Crippen molar-refractivity contribution in [3.05, 3.63) is 36.3 Å². The van der Waals surface area contributed by atoms with Gasteiger partial charge in [0, 0.05) is 12.4 Å². The lowest BCUT2D eigenvalue weighted by molar-refractivity contribution is -0.121. The van der Waals surface area contributed by atoms with Gasteiger partial charge in [0.15, 0.2) is 0 Å². The number of rotatable bonds is 8. The average molecular weight is 289 g/mol. The van der Waals surface area contributed by atoms with E-state index in [1.807, 2.05) is 6.07 Å². The molecule has 4 N–H and O–H groups in total. The lowest BCUT2D eigenvalue weighted by Crippen LogP contribution is -2.33. The number of aryl methyl sites for hydroxylation is 1. The van der Waals surface area contributed by atoms with Crippen molar-refractivity contribution in [2.45, 2.75) is 25.8 Å². The maximum absolute atomic E-state index is 11.7. The number of nitrogens with two attached hydrogens (primary N) is 1. The topological polar surface area (TPSA) is 111 Å². The summed E-state index contributed by atoms with van der Waals surface area (Å²) in [5.41, 5.74) is 11.6. The second kappa shape index (κ2) is 7.95. The van der Waals surface area contributed by atoms with Crippen LogP contribution in [0.2, 0.25) is 0 Å². The zero-order valence-corrected chi connectivity index (χ0v) is 11.7. The minimum Gasteiger partial charge on any atom is -0.330 e. The minimum atomic E-state index is -0.223. The second-order valence-electron chi connectivity index (χ2n) is 4.54. The van der Waals surface area contributed by atoms with Crippen molar-refractivity contribution in [2.24, 2.45) is 5.73 Å². The monoisotopic (exact) mass is 289 g/mol. The van der Waals surface area contributed by atoms with Crippen LogP contribution in [-0.4, -0.2) is 32.4 Å². The highest BCUT2D eigenvalue weighted by Gasteiger charge is 2.06. The van der Waals surface area contributed by atoms with Crippen LogP contribution >= 0.6 is 0 Å². The van der Waals surface area contributed by atoms with E-state index in [4.69, 9.17) is 5.73 Å². The van der Waals surface area contributed by atoms with Gasteiger partial charge in [-0.1, -0.05) is 11.3 Å². The molecule has 0 aromatic carbocycles. The Morgan fingerprint density at radius 2 is 2.24 bits per heavy atom. The normalized spacial score (nSPS) is 10.3. The van der Waals surface area contributed by atoms with E-state index in [1.54, 1.807) is 24.5 Å². The van der Waals surface area contributed by atoms with Gasteiger partial charge < -0.3 is 5.73 Å². The summed E-state index contributed by atoms with van der Waals surface area (Å²) in [7, 11) is 0. The molecule has 8 nitrogen and oxygen atoms in total. The molecule has 0 aliphatic rings. The molecule has 0 fully saturated rings. The number of amides is 1. The number of nitrogens with zero attached hydrogens (tertiary/aromatic N) is 4. The van der Waals surface area contributed by atoms with E-state index in [0.717, 1.165) is 25.0 Å². The van der Waals surface area contributed by atoms with Crippen LogP contribution in [0.1, 0.15) is 18.5 Å². The fraction of sp³-hybridized carbons (Fsp3) is 0.385. The number of anilines is 1. The van der Waals surface area contributed by atoms with Crippen LogP contribution in [0.15, 0.2) is 30.6 Å². The quantitative estimate of drug-likeness (QED) is 0.469. The Morgan fingerprint density at radius 3 is 3.00 bits per heavy atom. The van der Waals surface area contributed by atoms with Crippen molar-refractivity contribution in [1.29, 1.82) is 0 Å². The third-order valence-corrected chi connectivity index (χ3v) is 2.77. The molecule has 0 atom stereocenters. The lowest BCUT2D eigenvalue weighted by Gasteiger charge is -2.06. The summed E-state index contributed by atoms with van der Waals surface area (Å²) in [6, 6.07) is 5.38. The summed E-state index contributed by atoms with van der Waals surface area (Å²) in [4.78, 5) is 15.8. The summed E-state index contributed by atoms with van der Waals surface area (Å²) in [5, 5.41) is 7.94. The predicted octanol–water partition coefficient (Wildman–Crippen LogP) is 0.0978. The molecule has 2 heterocycles. The molecule has 0 radical (unpaired) electrons. The number of nitrogens with one attached hydrogen (secondary N) is 2. The van der Waals surface area contributed by atoms with Crippen LogP contribution in [0.5, 0.6) is 0 Å². The maximum atomic E-state index is 11.7. The van der Waals surface area contributed by atoms with Gasteiger partial charge in [-0.3, -0.25) is 15.6 Å². The molecule has 1 amide bonds. The predicted molar refractivity (Wildman–Crippen MR) is 78.0 cm³/mol. The van der Waals surface area contributed by atoms with E-state index in [-0.39, 0.29) is 12.5 Å². The van der Waals surface area contributed by atoms with Crippen LogP contribution in [0.4, 0.5) is 5.82 Å². The van der Waals surface area contributed by atoms with Crippen molar-refractivity contribution in [3.8, 4) is 0 Å². The van der Waals surface area contributed by atoms with Gasteiger partial charge in [0.1, 0.15) is 12.4 Å². The largest absolute Gasteiger partial charge is 0.330 e. The number of pyridine rings is 1. The van der Waals surface area contributed by atoms with Gasteiger partial charge >= 0.3 is 0 Å². The SMILES string of the molecule is NCCCCc1cn(CC(=O)NNc2ccccn2)nn1. The highest BCUT2D eigenvalue weighted by atomic mass is 16.2. The zero-order chi connectivity index (χ0) is 14.9. The fourth-order valence-electron chi connectivity index (χ4n) is 1.74. The van der Waals surface area contributed by atoms with Crippen molar-refractivity contribution in [3.63, 3.8) is 0 Å². The first-order valence-electron chi connectivity index (χ1n) is 6.83. The number of unbranched alkanes of at least 4 members (excludes halogenated alkanes) is 1. The molecule has 0 saturated carbocycles. The van der Waals surface area contributed by atoms with Gasteiger partial charge in [-0.2, -0.15) is 0 Å². The van der Waals surface area contributed by atoms with E-state index in [0.29, 0.717) is 12.4 Å². The summed E-state index contributed by atoms with van der Waals surface area (Å²) in [5.74, 6) is 0.353. The Balaban J connectivity index is 1.75. The van der Waals surface area contributed by atoms with Crippen LogP contribution in [0.25, 0.3) is 0 Å². The van der Waals surface area contributed by atoms with Crippen LogP contribution in [-0.2, 0) is 17.8 Å². The lowest BCUT2D eigenvalue weighted by atomic mass is 10.2. The summed E-state index contributed by atoms with van der Waals surface area (Å²) < 4.78 is 1.51. The van der Waals surface area contributed by atoms with Crippen molar-refractivity contribution in [1.82, 2.24) is 25.4 Å². The first kappa shape index (κ1) is 14.9. The minimum absolute atomic E-state index is 0.101. The third-order valence-electron chi connectivity index (χ3n) is 2.77. The molecule has 0 bridgehead atoms. The summed E-state index contributed by atoms with van der Waals surface area (Å²) >= 11 is 0. The fourth-order valence-corrected chi connectivity index (χ4v) is 1.74. The molecule has 0 saturated heterocycles. The number of hydrazine groups is 1. The maximum Gasteiger partial charge on any atom is 0.260 e. The Bertz CT molecular complexity index is 555. The molecule has 112 valence electrons. The second-order valence-corrected chi connectivity index (χ2v) is 4.54. The Morgan fingerprint density at radius 1 is 1.33 bits per heavy atom. The van der Waals surface area contributed by atoms with Crippen LogP contribution in [0, 0.1) is 0 Å². The summed E-state index contributed by atoms with van der Waals surface area (Å²) in [6.07, 6.45) is 6.17. The first-order valence-corrected chi connectivity index (χ1v) is 6.83. The average Bonchev–Trinajstić information content (AvgIpc) is 2.94. The number of aromatic nitrogens is 4. The number of carbonyl (C=O) groups excluding carboxylic acids is 1. The van der Waals surface area contributed by atoms with Gasteiger partial charge in [-0.25, -0.2) is 9.67 Å². The van der Waals surface area contributed by atoms with Gasteiger partial charge in [-0.05, 0) is 37.9 Å². The third kappa shape index (κ3) is 5.19. The van der Waals surface area contributed by atoms with Crippen LogP contribution in [0.3, 0.4) is 0 Å². The highest BCUT2D eigenvalue weighted by molar-refractivity contribution is 5.76. The van der Waals surface area contributed by atoms with Crippen molar-refractivity contribution >= 4 is 11.7 Å². The van der Waals surface area contributed by atoms with E-state index in [1.165, 1.54) is 4.68 Å². The Hall–Kier alpha value is -2.48. The van der Waals surface area contributed by atoms with Gasteiger partial charge in [0.2, 0.25) is 0 Å². The standard InChI is InChI=1S/C13H19N7O/c14-7-3-1-5-11-9-20(19-16-11)10-13(21)18-17-12-6-2-4-8-15-12/h2,4,6,8-9H,1,3,5,7,10,14H2,(H,15,17)(H,18,21). The zero-order valence-electron chi connectivity index (χ0n) is 11.7. The Kier molecular flexibility index (Phi) is 5.65. The molecule has 21 heavy (non-hydrogen) atoms. The molecule has 2 rings (SSSR count). The number of hydrogen-bond donors (Lipinski definition) is 3. The number of carbonyl (C=O) groups is 1. The smallest absolute Gasteiger partial charge is 0.260 e. The van der Waals surface area contributed by atoms with E-state index in [9.17, 15) is 4.79 Å². The first-order chi connectivity index (χ1) is 10.3.